The first-order chi connectivity index (χ1) is 13.8. The second-order valence-corrected chi connectivity index (χ2v) is 10.5. The van der Waals surface area contributed by atoms with Crippen molar-refractivity contribution in [2.75, 3.05) is 12.3 Å². The molecular weight excluding hydrogens is 473 g/mol. The molecule has 3 heterocycles. The van der Waals surface area contributed by atoms with E-state index in [1.807, 2.05) is 0 Å². The number of phosphoric ester groups is 1. The van der Waals surface area contributed by atoms with Gasteiger partial charge in [0.1, 0.15) is 30.1 Å². The first kappa shape index (κ1) is 23.4. The second kappa shape index (κ2) is 8.36. The Kier molecular flexibility index (Phi) is 6.52. The minimum Gasteiger partial charge on any atom is -0.390 e. The zero-order chi connectivity index (χ0) is 22.3. The lowest BCUT2D eigenvalue weighted by atomic mass is 10.2. The Morgan fingerprint density at radius 1 is 1.17 bits per heavy atom. The maximum atomic E-state index is 11.8. The van der Waals surface area contributed by atoms with Crippen LogP contribution in [0.3, 0.4) is 0 Å². The van der Waals surface area contributed by atoms with Crippen molar-refractivity contribution in [1.82, 2.24) is 14.5 Å². The minimum atomic E-state index is -5.63. The number of fused-ring (bicyclic) bond motifs is 1. The number of ether oxygens (including phenoxy) is 1. The molecule has 5 atom stereocenters. The molecule has 1 aliphatic heterocycles. The van der Waals surface area contributed by atoms with E-state index >= 15 is 0 Å². The molecule has 2 aromatic rings. The highest BCUT2D eigenvalue weighted by molar-refractivity contribution is 7.66. The molecule has 0 bridgehead atoms. The Morgan fingerprint density at radius 3 is 2.53 bits per heavy atom. The van der Waals surface area contributed by atoms with Crippen LogP contribution in [0.4, 0.5) is 5.82 Å². The van der Waals surface area contributed by atoms with E-state index in [0.717, 1.165) is 0 Å². The van der Waals surface area contributed by atoms with Crippen molar-refractivity contribution in [2.24, 2.45) is 0 Å². The smallest absolute Gasteiger partial charge is 0.390 e. The first-order valence-corrected chi connectivity index (χ1v) is 12.5. The van der Waals surface area contributed by atoms with E-state index in [4.69, 9.17) is 25.2 Å². The van der Waals surface area contributed by atoms with Gasteiger partial charge in [0.2, 0.25) is 0 Å². The molecule has 19 heteroatoms. The van der Waals surface area contributed by atoms with Crippen LogP contribution in [0.5, 0.6) is 0 Å². The molecule has 30 heavy (non-hydrogen) atoms. The molecule has 1 fully saturated rings. The van der Waals surface area contributed by atoms with Crippen LogP contribution in [0.1, 0.15) is 12.6 Å². The largest absolute Gasteiger partial charge is 0.490 e. The van der Waals surface area contributed by atoms with E-state index < -0.39 is 48.5 Å². The molecule has 0 aliphatic carbocycles. The van der Waals surface area contributed by atoms with Gasteiger partial charge in [0.15, 0.2) is 0 Å². The zero-order valence-corrected chi connectivity index (χ0v) is 17.4. The fourth-order valence-electron chi connectivity index (χ4n) is 2.73. The lowest BCUT2D eigenvalue weighted by Crippen LogP contribution is -2.26. The van der Waals surface area contributed by atoms with Crippen molar-refractivity contribution in [3.63, 3.8) is 0 Å². The number of anilines is 1. The molecule has 16 nitrogen and oxygen atoms in total. The lowest BCUT2D eigenvalue weighted by Gasteiger charge is -2.19. The standard InChI is InChI=1S/C11H17N4O12P3/c12-10-6-1-2-15(11(6)14-5-13-10)9-3-7(16)8(25-9)4-24-29(20,21)27-30(22,23)26-28(17,18)19/h1-2,5,7-9,16H,3-4H2,(H,20,21)(H,22,23)(H2,12,13,14)(H2,17,18,19). The van der Waals surface area contributed by atoms with Crippen molar-refractivity contribution in [2.45, 2.75) is 24.9 Å². The number of rotatable bonds is 8. The summed E-state index contributed by atoms with van der Waals surface area (Å²) in [5, 5.41) is 10.7. The predicted molar refractivity (Wildman–Crippen MR) is 96.3 cm³/mol. The van der Waals surface area contributed by atoms with Gasteiger partial charge in [0.25, 0.3) is 0 Å². The average Bonchev–Trinajstić information content (AvgIpc) is 3.14. The molecule has 5 unspecified atom stereocenters. The molecule has 1 saturated heterocycles. The van der Waals surface area contributed by atoms with E-state index in [9.17, 15) is 23.7 Å². The second-order valence-electron chi connectivity index (χ2n) is 6.04. The molecule has 7 N–H and O–H groups in total. The van der Waals surface area contributed by atoms with Gasteiger partial charge >= 0.3 is 23.5 Å². The Hall–Kier alpha value is -1.25. The summed E-state index contributed by atoms with van der Waals surface area (Å²) in [5.74, 6) is 0.238. The summed E-state index contributed by atoms with van der Waals surface area (Å²) >= 11 is 0. The summed E-state index contributed by atoms with van der Waals surface area (Å²) in [6.07, 6.45) is -0.195. The number of aliphatic hydroxyl groups excluding tert-OH is 1. The molecule has 0 spiro atoms. The van der Waals surface area contributed by atoms with E-state index in [-0.39, 0.29) is 12.2 Å². The number of hydrogen-bond acceptors (Lipinski definition) is 11. The molecule has 2 aromatic heterocycles. The van der Waals surface area contributed by atoms with E-state index in [0.29, 0.717) is 11.0 Å². The monoisotopic (exact) mass is 490 g/mol. The maximum absolute atomic E-state index is 11.8. The van der Waals surface area contributed by atoms with Crippen LogP contribution < -0.4 is 5.73 Å². The van der Waals surface area contributed by atoms with Crippen LogP contribution in [-0.2, 0) is 31.6 Å². The highest BCUT2D eigenvalue weighted by Gasteiger charge is 2.42. The maximum Gasteiger partial charge on any atom is 0.490 e. The van der Waals surface area contributed by atoms with Crippen LogP contribution >= 0.6 is 23.5 Å². The lowest BCUT2D eigenvalue weighted by molar-refractivity contribution is -0.0421. The molecule has 0 aromatic carbocycles. The van der Waals surface area contributed by atoms with E-state index in [1.165, 1.54) is 6.33 Å². The number of phosphoric acid groups is 3. The Bertz CT molecular complexity index is 1070. The van der Waals surface area contributed by atoms with Gasteiger partial charge in [-0.2, -0.15) is 8.62 Å². The quantitative estimate of drug-likeness (QED) is 0.267. The van der Waals surface area contributed by atoms with Gasteiger partial charge in [0.05, 0.1) is 18.1 Å². The highest BCUT2D eigenvalue weighted by Crippen LogP contribution is 2.66. The van der Waals surface area contributed by atoms with Gasteiger partial charge in [-0.05, 0) is 6.07 Å². The fraction of sp³-hybridized carbons (Fsp3) is 0.455. The summed E-state index contributed by atoms with van der Waals surface area (Å²) in [6, 6.07) is 1.64. The van der Waals surface area contributed by atoms with Crippen LogP contribution in [0.15, 0.2) is 18.6 Å². The van der Waals surface area contributed by atoms with E-state index in [2.05, 4.69) is 23.1 Å². The molecule has 0 amide bonds. The van der Waals surface area contributed by atoms with Crippen LogP contribution in [-0.4, -0.2) is 58.0 Å². The van der Waals surface area contributed by atoms with Gasteiger partial charge in [-0.3, -0.25) is 4.52 Å². The van der Waals surface area contributed by atoms with Crippen molar-refractivity contribution < 1.29 is 56.3 Å². The summed E-state index contributed by atoms with van der Waals surface area (Å²) in [7, 11) is -16.4. The van der Waals surface area contributed by atoms with Crippen LogP contribution in [0.25, 0.3) is 11.0 Å². The predicted octanol–water partition coefficient (Wildman–Crippen LogP) is 0.00520. The van der Waals surface area contributed by atoms with Gasteiger partial charge in [-0.1, -0.05) is 0 Å². The van der Waals surface area contributed by atoms with Gasteiger partial charge in [-0.15, -0.1) is 0 Å². The van der Waals surface area contributed by atoms with Crippen LogP contribution in [0.2, 0.25) is 0 Å². The van der Waals surface area contributed by atoms with Crippen molar-refractivity contribution >= 4 is 40.3 Å². The molecule has 168 valence electrons. The normalized spacial score (nSPS) is 26.5. The third-order valence-electron chi connectivity index (χ3n) is 3.87. The van der Waals surface area contributed by atoms with Gasteiger partial charge in [-0.25, -0.2) is 23.7 Å². The third-order valence-corrected chi connectivity index (χ3v) is 7.67. The number of nitrogen functional groups attached to an aromatic ring is 1. The topological polar surface area (TPSA) is 246 Å². The molecule has 1 aliphatic rings. The summed E-state index contributed by atoms with van der Waals surface area (Å²) in [4.78, 5) is 43.5. The zero-order valence-electron chi connectivity index (χ0n) is 14.7. The third kappa shape index (κ3) is 5.71. The first-order valence-electron chi connectivity index (χ1n) is 7.95. The van der Waals surface area contributed by atoms with Gasteiger partial charge in [0, 0.05) is 12.6 Å². The van der Waals surface area contributed by atoms with E-state index in [1.54, 1.807) is 16.8 Å². The van der Waals surface area contributed by atoms with Crippen molar-refractivity contribution in [3.05, 3.63) is 18.6 Å². The number of nitrogens with two attached hydrogens (primary N) is 1. The van der Waals surface area contributed by atoms with Crippen molar-refractivity contribution in [3.8, 4) is 0 Å². The summed E-state index contributed by atoms with van der Waals surface area (Å²) < 4.78 is 52.5. The molecule has 0 radical (unpaired) electrons. The Morgan fingerprint density at radius 2 is 1.87 bits per heavy atom. The fourth-order valence-corrected chi connectivity index (χ4v) is 5.76. The Balaban J connectivity index is 1.64. The number of aliphatic hydroxyl groups is 1. The number of aromatic nitrogens is 3. The Labute approximate surface area is 167 Å². The number of hydrogen-bond donors (Lipinski definition) is 6. The van der Waals surface area contributed by atoms with Gasteiger partial charge < -0.3 is 39.7 Å². The van der Waals surface area contributed by atoms with Crippen LogP contribution in [0, 0.1) is 0 Å². The summed E-state index contributed by atoms with van der Waals surface area (Å²) in [6.45, 7) is -0.766. The molecule has 3 rings (SSSR count). The highest BCUT2D eigenvalue weighted by atomic mass is 31.3. The number of nitrogens with zero attached hydrogens (tertiary/aromatic N) is 3. The molecule has 0 saturated carbocycles. The van der Waals surface area contributed by atoms with Crippen molar-refractivity contribution in [1.29, 1.82) is 0 Å². The molecular formula is C11H17N4O12P3. The summed E-state index contributed by atoms with van der Waals surface area (Å²) in [5.41, 5.74) is 6.18. The SMILES string of the molecule is Nc1ncnc2c1ccn2C1CC(O)C(COP(=O)(O)OP(=O)(O)OP(=O)(O)O)O1. The average molecular weight is 490 g/mol. The minimum absolute atomic E-state index is 0.0398.